The summed E-state index contributed by atoms with van der Waals surface area (Å²) in [6, 6.07) is 6.27. The van der Waals surface area contributed by atoms with Crippen molar-refractivity contribution in [3.05, 3.63) is 29.8 Å². The number of nitrogens with one attached hydrogen (secondary N) is 1. The third kappa shape index (κ3) is 2.03. The fraction of sp³-hybridized carbons (Fsp3) is 0.467. The first-order valence-electron chi connectivity index (χ1n) is 6.92. The van der Waals surface area contributed by atoms with Crippen LogP contribution in [0.4, 0.5) is 10.5 Å². The molecule has 0 spiro atoms. The maximum atomic E-state index is 12.5. The zero-order valence-corrected chi connectivity index (χ0v) is 11.4. The second-order valence-electron chi connectivity index (χ2n) is 5.90. The highest BCUT2D eigenvalue weighted by Gasteiger charge is 2.41. The molecular formula is C15H18N2O3. The standard InChI is InChI=1S/C15H18N2O3/c1-15(7-4-8-15)16-14(20)17-11-6-3-2-5-10(11)9-12(17)13(18)19/h2-3,5-6,12H,4,7-9H2,1H3,(H,16,20)(H,18,19). The van der Waals surface area contributed by atoms with Crippen molar-refractivity contribution in [1.82, 2.24) is 5.32 Å². The minimum absolute atomic E-state index is 0.183. The van der Waals surface area contributed by atoms with Crippen LogP contribution in [0.3, 0.4) is 0 Å². The van der Waals surface area contributed by atoms with Gasteiger partial charge >= 0.3 is 12.0 Å². The zero-order chi connectivity index (χ0) is 14.3. The molecule has 0 bridgehead atoms. The van der Waals surface area contributed by atoms with E-state index in [1.165, 1.54) is 4.90 Å². The number of benzene rings is 1. The molecule has 1 unspecified atom stereocenters. The van der Waals surface area contributed by atoms with E-state index in [0.717, 1.165) is 24.8 Å². The highest BCUT2D eigenvalue weighted by Crippen LogP contribution is 2.35. The number of fused-ring (bicyclic) bond motifs is 1. The van der Waals surface area contributed by atoms with E-state index < -0.39 is 12.0 Å². The minimum atomic E-state index is -0.963. The lowest BCUT2D eigenvalue weighted by Gasteiger charge is -2.40. The van der Waals surface area contributed by atoms with Gasteiger partial charge in [0, 0.05) is 17.6 Å². The summed E-state index contributed by atoms with van der Waals surface area (Å²) in [5.74, 6) is -0.963. The van der Waals surface area contributed by atoms with Gasteiger partial charge in [0.2, 0.25) is 0 Å². The molecule has 0 radical (unpaired) electrons. The molecule has 1 aliphatic heterocycles. The molecule has 20 heavy (non-hydrogen) atoms. The second-order valence-corrected chi connectivity index (χ2v) is 5.90. The third-order valence-corrected chi connectivity index (χ3v) is 4.35. The summed E-state index contributed by atoms with van der Waals surface area (Å²) < 4.78 is 0. The molecule has 0 saturated heterocycles. The molecule has 1 aliphatic carbocycles. The van der Waals surface area contributed by atoms with Crippen LogP contribution in [0.5, 0.6) is 0 Å². The van der Waals surface area contributed by atoms with Crippen molar-refractivity contribution in [2.45, 2.75) is 44.2 Å². The molecule has 1 aromatic carbocycles. The van der Waals surface area contributed by atoms with Crippen LogP contribution >= 0.6 is 0 Å². The zero-order valence-electron chi connectivity index (χ0n) is 11.4. The third-order valence-electron chi connectivity index (χ3n) is 4.35. The molecule has 106 valence electrons. The molecule has 5 nitrogen and oxygen atoms in total. The molecule has 2 N–H and O–H groups in total. The summed E-state index contributed by atoms with van der Waals surface area (Å²) in [5.41, 5.74) is 1.44. The molecule has 1 fully saturated rings. The number of urea groups is 1. The van der Waals surface area contributed by atoms with Gasteiger partial charge < -0.3 is 10.4 Å². The fourth-order valence-electron chi connectivity index (χ4n) is 2.99. The first kappa shape index (κ1) is 13.0. The van der Waals surface area contributed by atoms with Gasteiger partial charge in [-0.25, -0.2) is 9.59 Å². The van der Waals surface area contributed by atoms with E-state index >= 15 is 0 Å². The number of rotatable bonds is 2. The number of nitrogens with zero attached hydrogens (tertiary/aromatic N) is 1. The minimum Gasteiger partial charge on any atom is -0.480 e. The number of para-hydroxylation sites is 1. The Balaban J connectivity index is 1.88. The van der Waals surface area contributed by atoms with E-state index in [1.54, 1.807) is 6.07 Å². The summed E-state index contributed by atoms with van der Waals surface area (Å²) in [4.78, 5) is 25.3. The number of anilines is 1. The summed E-state index contributed by atoms with van der Waals surface area (Å²) in [5, 5.41) is 12.3. The van der Waals surface area contributed by atoms with Gasteiger partial charge in [-0.15, -0.1) is 0 Å². The van der Waals surface area contributed by atoms with Gasteiger partial charge in [-0.2, -0.15) is 0 Å². The SMILES string of the molecule is CC1(NC(=O)N2c3ccccc3CC2C(=O)O)CCC1. The molecular weight excluding hydrogens is 256 g/mol. The van der Waals surface area contributed by atoms with Gasteiger partial charge in [0.15, 0.2) is 0 Å². The lowest BCUT2D eigenvalue weighted by Crippen LogP contribution is -2.57. The number of carboxylic acids is 1. The van der Waals surface area contributed by atoms with Crippen molar-refractivity contribution in [3.63, 3.8) is 0 Å². The summed E-state index contributed by atoms with van der Waals surface area (Å²) in [7, 11) is 0. The fourth-order valence-corrected chi connectivity index (χ4v) is 2.99. The Morgan fingerprint density at radius 2 is 2.05 bits per heavy atom. The van der Waals surface area contributed by atoms with Crippen molar-refractivity contribution >= 4 is 17.7 Å². The van der Waals surface area contributed by atoms with Crippen LogP contribution < -0.4 is 10.2 Å². The second kappa shape index (κ2) is 4.51. The Labute approximate surface area is 117 Å². The Bertz CT molecular complexity index is 566. The normalized spacial score (nSPS) is 22.9. The first-order valence-corrected chi connectivity index (χ1v) is 6.92. The monoisotopic (exact) mass is 274 g/mol. The largest absolute Gasteiger partial charge is 0.480 e. The van der Waals surface area contributed by atoms with Gasteiger partial charge in [-0.3, -0.25) is 4.90 Å². The lowest BCUT2D eigenvalue weighted by atomic mass is 9.79. The van der Waals surface area contributed by atoms with E-state index in [0.29, 0.717) is 12.1 Å². The molecule has 1 heterocycles. The van der Waals surface area contributed by atoms with Gasteiger partial charge in [0.1, 0.15) is 6.04 Å². The van der Waals surface area contributed by atoms with Gasteiger partial charge in [-0.05, 0) is 37.8 Å². The molecule has 2 amide bonds. The number of aliphatic carboxylic acids is 1. The average molecular weight is 274 g/mol. The average Bonchev–Trinajstić information content (AvgIpc) is 2.76. The van der Waals surface area contributed by atoms with Crippen LogP contribution in [0.2, 0.25) is 0 Å². The maximum Gasteiger partial charge on any atom is 0.327 e. The van der Waals surface area contributed by atoms with Crippen LogP contribution in [0.25, 0.3) is 0 Å². The summed E-state index contributed by atoms with van der Waals surface area (Å²) in [6.07, 6.45) is 3.38. The van der Waals surface area contributed by atoms with E-state index in [-0.39, 0.29) is 11.6 Å². The quantitative estimate of drug-likeness (QED) is 0.868. The molecule has 3 rings (SSSR count). The number of hydrogen-bond acceptors (Lipinski definition) is 2. The number of carboxylic acid groups (broad SMARTS) is 1. The molecule has 1 saturated carbocycles. The Hall–Kier alpha value is -2.04. The van der Waals surface area contributed by atoms with Crippen molar-refractivity contribution in [2.75, 3.05) is 4.90 Å². The Morgan fingerprint density at radius 1 is 1.35 bits per heavy atom. The van der Waals surface area contributed by atoms with E-state index in [9.17, 15) is 14.7 Å². The highest BCUT2D eigenvalue weighted by molar-refractivity contribution is 6.01. The van der Waals surface area contributed by atoms with Crippen molar-refractivity contribution in [1.29, 1.82) is 0 Å². The first-order chi connectivity index (χ1) is 9.50. The highest BCUT2D eigenvalue weighted by atomic mass is 16.4. The number of carbonyl (C=O) groups excluding carboxylic acids is 1. The lowest BCUT2D eigenvalue weighted by molar-refractivity contribution is -0.138. The molecule has 1 atom stereocenters. The van der Waals surface area contributed by atoms with Crippen LogP contribution in [0.15, 0.2) is 24.3 Å². The van der Waals surface area contributed by atoms with E-state index in [2.05, 4.69) is 5.32 Å². The molecule has 2 aliphatic rings. The van der Waals surface area contributed by atoms with Gasteiger partial charge in [0.05, 0.1) is 0 Å². The molecule has 0 aromatic heterocycles. The van der Waals surface area contributed by atoms with Gasteiger partial charge in [0.25, 0.3) is 0 Å². The van der Waals surface area contributed by atoms with Crippen molar-refractivity contribution in [2.24, 2.45) is 0 Å². The summed E-state index contributed by atoms with van der Waals surface area (Å²) in [6.45, 7) is 2.01. The topological polar surface area (TPSA) is 69.6 Å². The summed E-state index contributed by atoms with van der Waals surface area (Å²) >= 11 is 0. The predicted molar refractivity (Wildman–Crippen MR) is 74.8 cm³/mol. The van der Waals surface area contributed by atoms with Crippen LogP contribution in [-0.4, -0.2) is 28.7 Å². The van der Waals surface area contributed by atoms with Crippen molar-refractivity contribution < 1.29 is 14.7 Å². The van der Waals surface area contributed by atoms with Crippen molar-refractivity contribution in [3.8, 4) is 0 Å². The maximum absolute atomic E-state index is 12.5. The number of amides is 2. The van der Waals surface area contributed by atoms with Crippen LogP contribution in [0.1, 0.15) is 31.7 Å². The Morgan fingerprint density at radius 3 is 2.65 bits per heavy atom. The van der Waals surface area contributed by atoms with Crippen LogP contribution in [-0.2, 0) is 11.2 Å². The van der Waals surface area contributed by atoms with E-state index in [4.69, 9.17) is 0 Å². The number of carbonyl (C=O) groups is 2. The predicted octanol–water partition coefficient (Wildman–Crippen LogP) is 2.15. The van der Waals surface area contributed by atoms with Crippen LogP contribution in [0, 0.1) is 0 Å². The van der Waals surface area contributed by atoms with E-state index in [1.807, 2.05) is 25.1 Å². The Kier molecular flexibility index (Phi) is 2.92. The molecule has 5 heteroatoms. The van der Waals surface area contributed by atoms with Gasteiger partial charge in [-0.1, -0.05) is 18.2 Å². The number of hydrogen-bond donors (Lipinski definition) is 2. The smallest absolute Gasteiger partial charge is 0.327 e. The molecule has 1 aromatic rings.